The average molecular weight is 341 g/mol. The lowest BCUT2D eigenvalue weighted by Crippen LogP contribution is -2.10. The lowest BCUT2D eigenvalue weighted by Gasteiger charge is -2.19. The summed E-state index contributed by atoms with van der Waals surface area (Å²) in [7, 11) is 1.99. The fraction of sp³-hybridized carbons (Fsp3) is 0.368. The van der Waals surface area contributed by atoms with E-state index in [9.17, 15) is 0 Å². The van der Waals surface area contributed by atoms with E-state index in [2.05, 4.69) is 55.2 Å². The Morgan fingerprint density at radius 1 is 1.08 bits per heavy atom. The molecule has 0 saturated heterocycles. The quantitative estimate of drug-likeness (QED) is 0.628. The number of thioether (sulfide) groups is 1. The average Bonchev–Trinajstić information content (AvgIpc) is 3.10. The first kappa shape index (κ1) is 16.8. The van der Waals surface area contributed by atoms with E-state index in [-0.39, 0.29) is 5.41 Å². The molecule has 3 rings (SSSR count). The maximum atomic E-state index is 5.36. The lowest BCUT2D eigenvalue weighted by atomic mass is 9.87. The number of aryl methyl sites for hydroxylation is 1. The number of aromatic nitrogens is 3. The summed E-state index contributed by atoms with van der Waals surface area (Å²) < 4.78 is 7.38. The van der Waals surface area contributed by atoms with Crippen LogP contribution in [0.25, 0.3) is 11.4 Å². The Morgan fingerprint density at radius 3 is 2.38 bits per heavy atom. The Bertz CT molecular complexity index is 825. The van der Waals surface area contributed by atoms with Crippen molar-refractivity contribution < 1.29 is 4.42 Å². The summed E-state index contributed by atoms with van der Waals surface area (Å²) in [5.41, 5.74) is 3.82. The zero-order valence-electron chi connectivity index (χ0n) is 14.8. The van der Waals surface area contributed by atoms with Crippen LogP contribution in [0.4, 0.5) is 0 Å². The van der Waals surface area contributed by atoms with Gasteiger partial charge in [-0.2, -0.15) is 0 Å². The highest BCUT2D eigenvalue weighted by Gasteiger charge is 2.15. The molecule has 2 heterocycles. The van der Waals surface area contributed by atoms with Crippen LogP contribution in [-0.2, 0) is 18.2 Å². The molecule has 0 N–H and O–H groups in total. The second-order valence-corrected chi connectivity index (χ2v) is 7.93. The van der Waals surface area contributed by atoms with E-state index in [1.807, 2.05) is 24.6 Å². The van der Waals surface area contributed by atoms with E-state index in [1.165, 1.54) is 11.1 Å². The third-order valence-electron chi connectivity index (χ3n) is 4.12. The Hall–Kier alpha value is -2.01. The van der Waals surface area contributed by atoms with E-state index in [0.29, 0.717) is 0 Å². The van der Waals surface area contributed by atoms with Crippen molar-refractivity contribution in [3.63, 3.8) is 0 Å². The van der Waals surface area contributed by atoms with Gasteiger partial charge in [-0.3, -0.25) is 0 Å². The highest BCUT2D eigenvalue weighted by molar-refractivity contribution is 7.98. The summed E-state index contributed by atoms with van der Waals surface area (Å²) in [6.45, 7) is 8.63. The Labute approximate surface area is 147 Å². The second kappa shape index (κ2) is 6.48. The number of rotatable bonds is 4. The van der Waals surface area contributed by atoms with Crippen LogP contribution < -0.4 is 0 Å². The first-order chi connectivity index (χ1) is 11.4. The van der Waals surface area contributed by atoms with Gasteiger partial charge in [0.05, 0.1) is 11.8 Å². The summed E-state index contributed by atoms with van der Waals surface area (Å²) in [6, 6.07) is 10.8. The molecule has 0 aliphatic rings. The van der Waals surface area contributed by atoms with Crippen molar-refractivity contribution >= 4 is 11.8 Å². The molecule has 0 fully saturated rings. The number of furan rings is 1. The lowest BCUT2D eigenvalue weighted by molar-refractivity contribution is 0.534. The van der Waals surface area contributed by atoms with E-state index in [1.54, 1.807) is 18.0 Å². The summed E-state index contributed by atoms with van der Waals surface area (Å²) in [4.78, 5) is 0. The van der Waals surface area contributed by atoms with Crippen molar-refractivity contribution in [2.75, 3.05) is 0 Å². The molecule has 0 spiro atoms. The van der Waals surface area contributed by atoms with E-state index < -0.39 is 0 Å². The maximum absolute atomic E-state index is 5.36. The van der Waals surface area contributed by atoms with E-state index in [4.69, 9.17) is 4.42 Å². The van der Waals surface area contributed by atoms with Gasteiger partial charge in [0.2, 0.25) is 0 Å². The molecule has 0 aliphatic heterocycles. The molecule has 0 bridgehead atoms. The van der Waals surface area contributed by atoms with Crippen molar-refractivity contribution in [3.8, 4) is 11.4 Å². The van der Waals surface area contributed by atoms with Crippen molar-refractivity contribution in [1.82, 2.24) is 14.8 Å². The van der Waals surface area contributed by atoms with Crippen molar-refractivity contribution in [2.45, 2.75) is 44.0 Å². The minimum Gasteiger partial charge on any atom is -0.469 e. The van der Waals surface area contributed by atoms with Crippen molar-refractivity contribution in [1.29, 1.82) is 0 Å². The Balaban J connectivity index is 1.72. The van der Waals surface area contributed by atoms with Gasteiger partial charge in [-0.25, -0.2) is 0 Å². The minimum absolute atomic E-state index is 0.187. The fourth-order valence-electron chi connectivity index (χ4n) is 2.54. The molecule has 1 aromatic carbocycles. The van der Waals surface area contributed by atoms with Gasteiger partial charge < -0.3 is 8.98 Å². The first-order valence-electron chi connectivity index (χ1n) is 8.02. The van der Waals surface area contributed by atoms with Crippen LogP contribution in [0.15, 0.2) is 46.2 Å². The van der Waals surface area contributed by atoms with Crippen LogP contribution >= 0.6 is 11.8 Å². The molecule has 2 aromatic heterocycles. The molecule has 0 saturated carbocycles. The molecule has 0 amide bonds. The summed E-state index contributed by atoms with van der Waals surface area (Å²) in [5.74, 6) is 2.58. The number of benzene rings is 1. The largest absolute Gasteiger partial charge is 0.469 e. The van der Waals surface area contributed by atoms with Gasteiger partial charge in [0, 0.05) is 12.8 Å². The highest BCUT2D eigenvalue weighted by Crippen LogP contribution is 2.28. The van der Waals surface area contributed by atoms with Gasteiger partial charge in [-0.15, -0.1) is 10.2 Å². The second-order valence-electron chi connectivity index (χ2n) is 6.99. The van der Waals surface area contributed by atoms with Crippen LogP contribution in [-0.4, -0.2) is 14.8 Å². The molecular weight excluding hydrogens is 318 g/mol. The van der Waals surface area contributed by atoms with Gasteiger partial charge >= 0.3 is 0 Å². The Morgan fingerprint density at radius 2 is 1.79 bits per heavy atom. The standard InChI is InChI=1S/C19H23N3OS/c1-13-16(10-11-23-13)17-20-21-18(22(17)5)24-12-14-6-8-15(9-7-14)19(2,3)4/h6-11H,12H2,1-5H3. The molecule has 4 nitrogen and oxygen atoms in total. The molecule has 0 unspecified atom stereocenters. The van der Waals surface area contributed by atoms with E-state index >= 15 is 0 Å². The van der Waals surface area contributed by atoms with Crippen LogP contribution in [0.1, 0.15) is 37.7 Å². The van der Waals surface area contributed by atoms with Gasteiger partial charge in [0.25, 0.3) is 0 Å². The van der Waals surface area contributed by atoms with Gasteiger partial charge in [0.15, 0.2) is 11.0 Å². The predicted molar refractivity (Wildman–Crippen MR) is 98.1 cm³/mol. The zero-order chi connectivity index (χ0) is 17.3. The van der Waals surface area contributed by atoms with Gasteiger partial charge in [-0.05, 0) is 29.5 Å². The molecule has 0 aliphatic carbocycles. The molecule has 24 heavy (non-hydrogen) atoms. The summed E-state index contributed by atoms with van der Waals surface area (Å²) in [6.07, 6.45) is 1.68. The smallest absolute Gasteiger partial charge is 0.191 e. The Kier molecular flexibility index (Phi) is 4.54. The van der Waals surface area contributed by atoms with Gasteiger partial charge in [-0.1, -0.05) is 56.8 Å². The van der Waals surface area contributed by atoms with Crippen molar-refractivity contribution in [3.05, 3.63) is 53.5 Å². The molecule has 126 valence electrons. The predicted octanol–water partition coefficient (Wildman–Crippen LogP) is 4.97. The maximum Gasteiger partial charge on any atom is 0.191 e. The molecule has 3 aromatic rings. The summed E-state index contributed by atoms with van der Waals surface area (Å²) in [5, 5.41) is 9.54. The first-order valence-corrected chi connectivity index (χ1v) is 9.01. The van der Waals surface area contributed by atoms with Crippen LogP contribution in [0, 0.1) is 6.92 Å². The molecule has 5 heteroatoms. The zero-order valence-corrected chi connectivity index (χ0v) is 15.6. The fourth-order valence-corrected chi connectivity index (χ4v) is 3.41. The number of hydrogen-bond donors (Lipinski definition) is 0. The highest BCUT2D eigenvalue weighted by atomic mass is 32.2. The van der Waals surface area contributed by atoms with E-state index in [0.717, 1.165) is 28.1 Å². The number of hydrogen-bond acceptors (Lipinski definition) is 4. The molecule has 0 radical (unpaired) electrons. The SMILES string of the molecule is Cc1occc1-c1nnc(SCc2ccc(C(C)(C)C)cc2)n1C. The third-order valence-corrected chi connectivity index (χ3v) is 5.21. The van der Waals surface area contributed by atoms with Crippen LogP contribution in [0.2, 0.25) is 0 Å². The molecular formula is C19H23N3OS. The monoisotopic (exact) mass is 341 g/mol. The van der Waals surface area contributed by atoms with Gasteiger partial charge in [0.1, 0.15) is 5.76 Å². The molecule has 0 atom stereocenters. The van der Waals surface area contributed by atoms with Crippen LogP contribution in [0.3, 0.4) is 0 Å². The summed E-state index contributed by atoms with van der Waals surface area (Å²) >= 11 is 1.70. The normalized spacial score (nSPS) is 11.9. The van der Waals surface area contributed by atoms with Crippen LogP contribution in [0.5, 0.6) is 0 Å². The topological polar surface area (TPSA) is 43.9 Å². The number of nitrogens with zero attached hydrogens (tertiary/aromatic N) is 3. The minimum atomic E-state index is 0.187. The third kappa shape index (κ3) is 3.41. The van der Waals surface area contributed by atoms with Crippen molar-refractivity contribution in [2.24, 2.45) is 7.05 Å².